The molecule has 1 aliphatic rings. The second kappa shape index (κ2) is 13.5. The van der Waals surface area contributed by atoms with Crippen LogP contribution in [0.2, 0.25) is 0 Å². The van der Waals surface area contributed by atoms with E-state index in [1.165, 1.54) is 16.2 Å². The number of hydroxylamine groups is 2. The molecule has 1 aromatic rings. The van der Waals surface area contributed by atoms with Crippen molar-refractivity contribution < 1.29 is 28.6 Å². The summed E-state index contributed by atoms with van der Waals surface area (Å²) in [5, 5.41) is 6.36. The van der Waals surface area contributed by atoms with E-state index in [0.717, 1.165) is 18.6 Å². The zero-order valence-corrected chi connectivity index (χ0v) is 21.5. The minimum absolute atomic E-state index is 0.0220. The van der Waals surface area contributed by atoms with Crippen molar-refractivity contribution in [2.24, 2.45) is 9.98 Å². The molecule has 1 aromatic carbocycles. The van der Waals surface area contributed by atoms with Crippen molar-refractivity contribution in [3.05, 3.63) is 29.3 Å². The number of nitrogens with one attached hydrogen (secondary N) is 2. The summed E-state index contributed by atoms with van der Waals surface area (Å²) in [5.41, 5.74) is 1.39. The van der Waals surface area contributed by atoms with Crippen LogP contribution in [0, 0.1) is 6.92 Å². The lowest BCUT2D eigenvalue weighted by molar-refractivity contribution is -0.160. The van der Waals surface area contributed by atoms with E-state index in [-0.39, 0.29) is 31.7 Å². The minimum Gasteiger partial charge on any atom is -0.493 e. The molecule has 0 fully saturated rings. The molecular weight excluding hydrogens is 454 g/mol. The second-order valence-electron chi connectivity index (χ2n) is 8.25. The van der Waals surface area contributed by atoms with Gasteiger partial charge in [0.15, 0.2) is 5.66 Å². The zero-order valence-electron chi connectivity index (χ0n) is 21.5. The van der Waals surface area contributed by atoms with Crippen LogP contribution >= 0.6 is 0 Å². The van der Waals surface area contributed by atoms with Gasteiger partial charge in [-0.2, -0.15) is 10.1 Å². The Labute approximate surface area is 206 Å². The SMILES string of the molecule is CCCc1cc(C)ccc1OCCCON1C(NC(=O)OCC)=NC(NC(=O)OCC)=NC1(C)C. The number of hydrogen-bond donors (Lipinski definition) is 2. The molecule has 11 nitrogen and oxygen atoms in total. The van der Waals surface area contributed by atoms with E-state index in [4.69, 9.17) is 19.0 Å². The lowest BCUT2D eigenvalue weighted by Gasteiger charge is -2.38. The molecule has 0 unspecified atom stereocenters. The summed E-state index contributed by atoms with van der Waals surface area (Å²) in [4.78, 5) is 38.4. The van der Waals surface area contributed by atoms with Gasteiger partial charge in [0.25, 0.3) is 0 Å². The van der Waals surface area contributed by atoms with Gasteiger partial charge in [-0.1, -0.05) is 31.0 Å². The number of carbonyl (C=O) groups is 2. The first-order valence-electron chi connectivity index (χ1n) is 11.9. The maximum absolute atomic E-state index is 12.1. The van der Waals surface area contributed by atoms with Gasteiger partial charge >= 0.3 is 12.2 Å². The summed E-state index contributed by atoms with van der Waals surface area (Å²) in [5.74, 6) is 0.882. The van der Waals surface area contributed by atoms with E-state index in [1.807, 2.05) is 12.1 Å². The maximum atomic E-state index is 12.1. The first kappa shape index (κ1) is 27.9. The number of ether oxygens (including phenoxy) is 3. The van der Waals surface area contributed by atoms with Gasteiger partial charge in [0.2, 0.25) is 11.9 Å². The molecule has 11 heteroatoms. The Hall–Kier alpha value is -3.34. The molecule has 0 spiro atoms. The summed E-state index contributed by atoms with van der Waals surface area (Å²) in [6, 6.07) is 6.18. The number of alkyl carbamates (subject to hydrolysis) is 2. The van der Waals surface area contributed by atoms with Crippen molar-refractivity contribution in [1.82, 2.24) is 15.7 Å². The van der Waals surface area contributed by atoms with Crippen molar-refractivity contribution in [2.75, 3.05) is 26.4 Å². The van der Waals surface area contributed by atoms with Crippen LogP contribution in [0.15, 0.2) is 28.2 Å². The molecule has 0 bridgehead atoms. The Morgan fingerprint density at radius 2 is 1.71 bits per heavy atom. The van der Waals surface area contributed by atoms with Gasteiger partial charge < -0.3 is 14.2 Å². The number of benzene rings is 1. The number of guanidine groups is 2. The topological polar surface area (TPSA) is 123 Å². The largest absolute Gasteiger partial charge is 0.493 e. The first-order valence-corrected chi connectivity index (χ1v) is 11.9. The van der Waals surface area contributed by atoms with Crippen molar-refractivity contribution >= 4 is 24.1 Å². The third-order valence-corrected chi connectivity index (χ3v) is 4.76. The summed E-state index contributed by atoms with van der Waals surface area (Å²) in [6.45, 7) is 12.2. The molecular formula is C24H37N5O6. The van der Waals surface area contributed by atoms with Gasteiger partial charge in [-0.3, -0.25) is 15.5 Å². The van der Waals surface area contributed by atoms with Crippen LogP contribution in [-0.4, -0.2) is 61.3 Å². The maximum Gasteiger partial charge on any atom is 0.414 e. The molecule has 2 rings (SSSR count). The fourth-order valence-electron chi connectivity index (χ4n) is 3.32. The fourth-order valence-corrected chi connectivity index (χ4v) is 3.32. The van der Waals surface area contributed by atoms with E-state index >= 15 is 0 Å². The predicted octanol–water partition coefficient (Wildman–Crippen LogP) is 3.90. The van der Waals surface area contributed by atoms with Crippen molar-refractivity contribution in [3.8, 4) is 5.75 Å². The van der Waals surface area contributed by atoms with Crippen molar-refractivity contribution in [3.63, 3.8) is 0 Å². The average molecular weight is 492 g/mol. The summed E-state index contributed by atoms with van der Waals surface area (Å²) in [6.07, 6.45) is 1.16. The fraction of sp³-hybridized carbons (Fsp3) is 0.583. The van der Waals surface area contributed by atoms with Gasteiger partial charge in [0, 0.05) is 6.42 Å². The number of carbonyl (C=O) groups excluding carboxylic acids is 2. The van der Waals surface area contributed by atoms with Crippen LogP contribution in [0.3, 0.4) is 0 Å². The molecule has 0 saturated carbocycles. The molecule has 2 N–H and O–H groups in total. The predicted molar refractivity (Wildman–Crippen MR) is 132 cm³/mol. The molecule has 0 radical (unpaired) electrons. The normalized spacial score (nSPS) is 14.5. The van der Waals surface area contributed by atoms with Crippen LogP contribution in [0.4, 0.5) is 9.59 Å². The second-order valence-corrected chi connectivity index (χ2v) is 8.25. The van der Waals surface area contributed by atoms with Crippen molar-refractivity contribution in [2.45, 2.75) is 66.5 Å². The average Bonchev–Trinajstić information content (AvgIpc) is 2.76. The molecule has 194 valence electrons. The zero-order chi connectivity index (χ0) is 25.8. The van der Waals surface area contributed by atoms with Gasteiger partial charge in [0.1, 0.15) is 5.75 Å². The van der Waals surface area contributed by atoms with E-state index in [0.29, 0.717) is 13.0 Å². The molecule has 1 heterocycles. The lowest BCUT2D eigenvalue weighted by atomic mass is 10.1. The van der Waals surface area contributed by atoms with Gasteiger partial charge in [-0.05, 0) is 52.7 Å². The van der Waals surface area contributed by atoms with E-state index in [9.17, 15) is 9.59 Å². The molecule has 35 heavy (non-hydrogen) atoms. The Bertz CT molecular complexity index is 931. The molecule has 0 atom stereocenters. The van der Waals surface area contributed by atoms with E-state index < -0.39 is 17.8 Å². The molecule has 0 aliphatic carbocycles. The Kier molecular flexibility index (Phi) is 10.8. The van der Waals surface area contributed by atoms with Crippen LogP contribution < -0.4 is 15.4 Å². The van der Waals surface area contributed by atoms with Gasteiger partial charge in [-0.15, -0.1) is 0 Å². The third kappa shape index (κ3) is 8.75. The Morgan fingerprint density at radius 1 is 1.03 bits per heavy atom. The van der Waals surface area contributed by atoms with Gasteiger partial charge in [0.05, 0.1) is 26.4 Å². The summed E-state index contributed by atoms with van der Waals surface area (Å²) < 4.78 is 15.8. The quantitative estimate of drug-likeness (QED) is 0.476. The number of nitrogens with zero attached hydrogens (tertiary/aromatic N) is 3. The van der Waals surface area contributed by atoms with Crippen LogP contribution in [0.5, 0.6) is 5.75 Å². The molecule has 1 aliphatic heterocycles. The number of hydrogen-bond acceptors (Lipinski definition) is 9. The monoisotopic (exact) mass is 491 g/mol. The smallest absolute Gasteiger partial charge is 0.414 e. The highest BCUT2D eigenvalue weighted by molar-refractivity contribution is 6.05. The minimum atomic E-state index is -1.00. The van der Waals surface area contributed by atoms with Crippen LogP contribution in [0.1, 0.15) is 58.6 Å². The molecule has 0 saturated heterocycles. The number of aliphatic imine (C=N–C) groups is 2. The van der Waals surface area contributed by atoms with E-state index in [1.54, 1.807) is 27.7 Å². The highest BCUT2D eigenvalue weighted by Gasteiger charge is 2.36. The summed E-state index contributed by atoms with van der Waals surface area (Å²) in [7, 11) is 0. The standard InChI is InChI=1S/C24H37N5O6/c1-7-11-18-16-17(4)12-13-19(18)34-14-10-15-35-29-21(27-23(31)33-9-3)25-20(28-24(29,5)6)26-22(30)32-8-2/h12-13,16H,7-11,14-15H2,1-6H3,(H2,25,26,27,28,30,31). The van der Waals surface area contributed by atoms with Crippen molar-refractivity contribution in [1.29, 1.82) is 0 Å². The third-order valence-electron chi connectivity index (χ3n) is 4.76. The highest BCUT2D eigenvalue weighted by Crippen LogP contribution is 2.23. The number of aryl methyl sites for hydroxylation is 2. The molecule has 2 amide bonds. The number of amides is 2. The van der Waals surface area contributed by atoms with Gasteiger partial charge in [-0.25, -0.2) is 14.6 Å². The highest BCUT2D eigenvalue weighted by atomic mass is 16.7. The Morgan fingerprint density at radius 3 is 2.37 bits per heavy atom. The first-order chi connectivity index (χ1) is 16.7. The lowest BCUT2D eigenvalue weighted by Crippen LogP contribution is -2.57. The summed E-state index contributed by atoms with van der Waals surface area (Å²) >= 11 is 0. The van der Waals surface area contributed by atoms with Crippen LogP contribution in [0.25, 0.3) is 0 Å². The molecule has 0 aromatic heterocycles. The number of rotatable bonds is 10. The van der Waals surface area contributed by atoms with E-state index in [2.05, 4.69) is 40.5 Å². The van der Waals surface area contributed by atoms with Crippen LogP contribution in [-0.2, 0) is 20.7 Å². The Balaban J connectivity index is 2.03.